The lowest BCUT2D eigenvalue weighted by Crippen LogP contribution is -2.42. The summed E-state index contributed by atoms with van der Waals surface area (Å²) in [5.41, 5.74) is 1.88. The molecule has 16 heteroatoms. The van der Waals surface area contributed by atoms with Gasteiger partial charge in [0.2, 0.25) is 11.8 Å². The maximum absolute atomic E-state index is 14.1. The van der Waals surface area contributed by atoms with Gasteiger partial charge in [0.1, 0.15) is 0 Å². The smallest absolute Gasteiger partial charge is 0.338 e. The molecule has 0 radical (unpaired) electrons. The Morgan fingerprint density at radius 3 is 2.38 bits per heavy atom. The number of carbonyl (C=O) groups excluding carboxylic acids is 4. The number of hydrogen-bond donors (Lipinski definition) is 2. The highest BCUT2D eigenvalue weighted by Gasteiger charge is 2.69. The normalized spacial score (nSPS) is 25.0. The molecule has 0 unspecified atom stereocenters. The number of thiazole rings is 1. The third-order valence-electron chi connectivity index (χ3n) is 10.6. The predicted octanol–water partition coefficient (Wildman–Crippen LogP) is 5.23. The van der Waals surface area contributed by atoms with Gasteiger partial charge >= 0.3 is 10.8 Å². The van der Waals surface area contributed by atoms with Crippen LogP contribution >= 0.6 is 23.1 Å². The average molecular weight is 757 g/mol. The molecule has 4 aromatic rings. The average Bonchev–Trinajstić information content (AvgIpc) is 3.89. The number of rotatable bonds is 10. The van der Waals surface area contributed by atoms with E-state index < -0.39 is 28.6 Å². The number of imide groups is 1. The summed E-state index contributed by atoms with van der Waals surface area (Å²) in [5.74, 6) is -2.43. The molecule has 0 spiro atoms. The summed E-state index contributed by atoms with van der Waals surface area (Å²) < 4.78 is 16.6. The van der Waals surface area contributed by atoms with Crippen molar-refractivity contribution in [3.8, 4) is 11.5 Å². The first kappa shape index (κ1) is 34.6. The molecular weight excluding hydrogens is 725 g/mol. The number of aromatic nitrogens is 1. The zero-order valence-electron chi connectivity index (χ0n) is 28.3. The third kappa shape index (κ3) is 5.85. The van der Waals surface area contributed by atoms with Crippen molar-refractivity contribution in [3.63, 3.8) is 0 Å². The van der Waals surface area contributed by atoms with Gasteiger partial charge in [-0.15, -0.1) is 11.8 Å². The third-order valence-corrected chi connectivity index (χ3v) is 13.2. The van der Waals surface area contributed by atoms with E-state index in [4.69, 9.17) is 14.2 Å². The van der Waals surface area contributed by atoms with Crippen LogP contribution in [-0.4, -0.2) is 59.2 Å². The van der Waals surface area contributed by atoms with E-state index in [1.54, 1.807) is 49.0 Å². The number of thioether (sulfide) groups is 1. The highest BCUT2D eigenvalue weighted by atomic mass is 32.2. The summed E-state index contributed by atoms with van der Waals surface area (Å²) in [6.45, 7) is 1.66. The number of aromatic amines is 1. The van der Waals surface area contributed by atoms with Gasteiger partial charge in [0.05, 0.1) is 46.8 Å². The van der Waals surface area contributed by atoms with Crippen molar-refractivity contribution in [2.24, 2.45) is 29.6 Å². The number of nitrogens with zero attached hydrogens (tertiary/aromatic N) is 2. The molecule has 3 amide bonds. The Bertz CT molecular complexity index is 2220. The lowest BCUT2D eigenvalue weighted by Gasteiger charge is -2.43. The van der Waals surface area contributed by atoms with Gasteiger partial charge in [0, 0.05) is 33.9 Å². The summed E-state index contributed by atoms with van der Waals surface area (Å²) in [6, 6.07) is 17.2. The molecule has 14 nitrogen and oxygen atoms in total. The standard InChI is InChI=1S/C37H32N4O10S2/c1-3-50-36(45)17-4-7-19(8-5-17)38-26(42)16-51-24-13-6-18(14-25(24)49-2)27-28-22-15-23(31(28)52-33-32(27)53-37(46)39-33)30-29(22)34(43)40(35(30)44)20-9-11-21(12-10-20)41(47)48/h4-14,22-23,27-31H,3,15-16H2,1-2H3,(H,38,42)(H,39,46)/t22-,23-,27+,28-,29+,30+,31-/m1/s1. The number of carbonyl (C=O) groups is 4. The number of non-ortho nitro benzene ring substituents is 1. The minimum Gasteiger partial charge on any atom is -0.493 e. The molecule has 53 heavy (non-hydrogen) atoms. The van der Waals surface area contributed by atoms with Crippen LogP contribution in [0.2, 0.25) is 0 Å². The van der Waals surface area contributed by atoms with Crippen LogP contribution in [0.1, 0.15) is 40.1 Å². The van der Waals surface area contributed by atoms with E-state index in [1.807, 2.05) is 12.1 Å². The van der Waals surface area contributed by atoms with Crippen molar-refractivity contribution >= 4 is 63.9 Å². The molecule has 2 aliphatic carbocycles. The van der Waals surface area contributed by atoms with Crippen LogP contribution in [0.4, 0.5) is 17.1 Å². The molecule has 7 atom stereocenters. The lowest BCUT2D eigenvalue weighted by atomic mass is 9.68. The van der Waals surface area contributed by atoms with Crippen LogP contribution in [0.5, 0.6) is 11.5 Å². The van der Waals surface area contributed by atoms with E-state index in [9.17, 15) is 34.1 Å². The fraction of sp³-hybridized carbons (Fsp3) is 0.324. The predicted molar refractivity (Wildman–Crippen MR) is 194 cm³/mol. The van der Waals surface area contributed by atoms with E-state index in [2.05, 4.69) is 10.3 Å². The Morgan fingerprint density at radius 1 is 0.981 bits per heavy atom. The van der Waals surface area contributed by atoms with E-state index in [1.165, 1.54) is 36.3 Å². The van der Waals surface area contributed by atoms with E-state index >= 15 is 0 Å². The first-order chi connectivity index (χ1) is 25.6. The fourth-order valence-corrected chi connectivity index (χ4v) is 11.5. The summed E-state index contributed by atoms with van der Waals surface area (Å²) in [7, 11) is 1.49. The summed E-state index contributed by atoms with van der Waals surface area (Å²) in [6.07, 6.45) is 0.692. The van der Waals surface area contributed by atoms with Crippen LogP contribution in [0.25, 0.3) is 0 Å². The van der Waals surface area contributed by atoms with Crippen LogP contribution in [0, 0.1) is 39.7 Å². The van der Waals surface area contributed by atoms with Crippen molar-refractivity contribution < 1.29 is 38.3 Å². The van der Waals surface area contributed by atoms with Crippen molar-refractivity contribution in [3.05, 3.63) is 103 Å². The van der Waals surface area contributed by atoms with Gasteiger partial charge in [-0.25, -0.2) is 4.79 Å². The summed E-state index contributed by atoms with van der Waals surface area (Å²) in [4.78, 5) is 80.9. The zero-order chi connectivity index (χ0) is 37.1. The monoisotopic (exact) mass is 756 g/mol. The van der Waals surface area contributed by atoms with Crippen LogP contribution in [0.15, 0.2) is 76.6 Å². The van der Waals surface area contributed by atoms with E-state index in [0.717, 1.165) is 26.8 Å². The highest BCUT2D eigenvalue weighted by Crippen LogP contribution is 2.68. The number of hydrogen-bond acceptors (Lipinski definition) is 12. The quantitative estimate of drug-likeness (QED) is 0.0935. The number of nitro benzene ring substituents is 1. The van der Waals surface area contributed by atoms with Crippen molar-refractivity contribution in [1.29, 1.82) is 0 Å². The molecule has 3 heterocycles. The minimum absolute atomic E-state index is 0.0467. The number of anilines is 2. The second-order valence-electron chi connectivity index (χ2n) is 13.3. The Kier molecular flexibility index (Phi) is 8.81. The summed E-state index contributed by atoms with van der Waals surface area (Å²) >= 11 is 2.70. The molecular formula is C37H32N4O10S2. The Morgan fingerprint density at radius 2 is 1.70 bits per heavy atom. The Balaban J connectivity index is 1.03. The number of fused-ring (bicyclic) bond motifs is 9. The van der Waals surface area contributed by atoms with Gasteiger partial charge in [-0.1, -0.05) is 17.4 Å². The largest absolute Gasteiger partial charge is 0.493 e. The SMILES string of the molecule is CCOC(=O)c1ccc(NC(=O)COc2ccc([C@@H]3c4sc(=O)[nH]c4S[C@@H]4[C@@H]5C[C@@H]([C@@H]6C(=O)N(c7ccc([N+](=O)[O-])cc7)C(=O)[C@@H]56)[C@H]34)cc2OC)cc1. The topological polar surface area (TPSA) is 187 Å². The Labute approximate surface area is 310 Å². The number of nitro groups is 1. The van der Waals surface area contributed by atoms with Crippen molar-refractivity contribution in [2.45, 2.75) is 29.5 Å². The molecule has 3 aromatic carbocycles. The number of methoxy groups -OCH3 is 1. The molecule has 2 aliphatic heterocycles. The molecule has 272 valence electrons. The van der Waals surface area contributed by atoms with Crippen LogP contribution in [0.3, 0.4) is 0 Å². The van der Waals surface area contributed by atoms with Gasteiger partial charge in [0.25, 0.3) is 11.6 Å². The minimum atomic E-state index is -0.548. The number of benzene rings is 3. The first-order valence-electron chi connectivity index (χ1n) is 17.0. The molecule has 1 aromatic heterocycles. The maximum Gasteiger partial charge on any atom is 0.338 e. The summed E-state index contributed by atoms with van der Waals surface area (Å²) in [5, 5.41) is 14.7. The molecule has 4 aliphatic rings. The number of amides is 3. The Hall–Kier alpha value is -5.48. The van der Waals surface area contributed by atoms with Gasteiger partial charge in [-0.3, -0.25) is 34.2 Å². The molecule has 1 saturated heterocycles. The van der Waals surface area contributed by atoms with Crippen molar-refractivity contribution in [2.75, 3.05) is 30.5 Å². The highest BCUT2D eigenvalue weighted by molar-refractivity contribution is 8.00. The molecule has 3 fully saturated rings. The molecule has 8 rings (SSSR count). The number of ether oxygens (including phenoxy) is 3. The van der Waals surface area contributed by atoms with Gasteiger partial charge < -0.3 is 24.5 Å². The lowest BCUT2D eigenvalue weighted by molar-refractivity contribution is -0.384. The number of H-pyrrole nitrogens is 1. The van der Waals surface area contributed by atoms with Crippen LogP contribution < -0.4 is 24.6 Å². The number of nitrogens with one attached hydrogen (secondary N) is 2. The van der Waals surface area contributed by atoms with Gasteiger partial charge in [-0.2, -0.15) is 0 Å². The zero-order valence-corrected chi connectivity index (χ0v) is 29.9. The molecule has 2 bridgehead atoms. The van der Waals surface area contributed by atoms with Gasteiger partial charge in [-0.05, 0) is 85.2 Å². The maximum atomic E-state index is 14.1. The fourth-order valence-electron chi connectivity index (χ4n) is 8.61. The first-order valence-corrected chi connectivity index (χ1v) is 18.7. The van der Waals surface area contributed by atoms with Crippen LogP contribution in [-0.2, 0) is 19.1 Å². The van der Waals surface area contributed by atoms with Gasteiger partial charge in [0.15, 0.2) is 18.1 Å². The van der Waals surface area contributed by atoms with E-state index in [0.29, 0.717) is 34.9 Å². The number of esters is 1. The second kappa shape index (κ2) is 13.5. The molecule has 2 N–H and O–H groups in total. The second-order valence-corrected chi connectivity index (χ2v) is 15.5. The van der Waals surface area contributed by atoms with Crippen molar-refractivity contribution in [1.82, 2.24) is 4.98 Å². The van der Waals surface area contributed by atoms with E-state index in [-0.39, 0.29) is 64.5 Å². The molecule has 2 saturated carbocycles.